The largest absolute Gasteiger partial charge is 2.00 e. The first-order valence-corrected chi connectivity index (χ1v) is 12.9. The molecule has 0 aliphatic heterocycles. The molecule has 0 saturated heterocycles. The number of fused-ring (bicyclic) bond motifs is 5. The first kappa shape index (κ1) is 27.2. The fraction of sp³-hybridized carbons (Fsp3) is 0.310. The van der Waals surface area contributed by atoms with Gasteiger partial charge in [-0.1, -0.05) is 85.5 Å². The van der Waals surface area contributed by atoms with Gasteiger partial charge >= 0.3 is 30.6 Å². The molecule has 2 aliphatic rings. The van der Waals surface area contributed by atoms with Crippen molar-refractivity contribution in [3.63, 3.8) is 0 Å². The van der Waals surface area contributed by atoms with E-state index in [1.165, 1.54) is 33.4 Å². The normalized spacial score (nSPS) is 14.3. The minimum absolute atomic E-state index is 0. The van der Waals surface area contributed by atoms with E-state index in [0.717, 1.165) is 6.42 Å². The molecular weight excluding hydrogens is 454 g/mol. The van der Waals surface area contributed by atoms with E-state index in [0.29, 0.717) is 6.04 Å². The van der Waals surface area contributed by atoms with Gasteiger partial charge in [0, 0.05) is 24.5 Å². The summed E-state index contributed by atoms with van der Waals surface area (Å²) in [5.41, 5.74) is 7.96. The first-order chi connectivity index (χ1) is 15.3. The van der Waals surface area contributed by atoms with Gasteiger partial charge in [0.25, 0.3) is 0 Å². The molecule has 2 aliphatic carbocycles. The van der Waals surface area contributed by atoms with E-state index >= 15 is 0 Å². The Balaban J connectivity index is 0.000000583. The maximum absolute atomic E-state index is 13.0. The van der Waals surface area contributed by atoms with Gasteiger partial charge in [0.05, 0.1) is 0 Å². The SMILES string of the molecule is C=CC=CC.CN([Si](=O)CC1C=C2C(=C1)c1ccccc1Cc1ccccc12)C(C)(C)C.[Ti+2]. The van der Waals surface area contributed by atoms with Crippen molar-refractivity contribution in [2.75, 3.05) is 7.05 Å². The molecule has 4 rings (SSSR count). The van der Waals surface area contributed by atoms with Gasteiger partial charge in [0.15, 0.2) is 0 Å². The summed E-state index contributed by atoms with van der Waals surface area (Å²) in [6.07, 6.45) is 11.2. The van der Waals surface area contributed by atoms with Crippen LogP contribution in [0.1, 0.15) is 49.9 Å². The van der Waals surface area contributed by atoms with Gasteiger partial charge in [-0.3, -0.25) is 0 Å². The van der Waals surface area contributed by atoms with Crippen molar-refractivity contribution in [2.45, 2.75) is 45.7 Å². The van der Waals surface area contributed by atoms with E-state index in [9.17, 15) is 4.46 Å². The first-order valence-electron chi connectivity index (χ1n) is 11.4. The van der Waals surface area contributed by atoms with Crippen LogP contribution in [0.2, 0.25) is 6.04 Å². The van der Waals surface area contributed by atoms with Crippen molar-refractivity contribution in [1.82, 2.24) is 4.57 Å². The number of hydrogen-bond donors (Lipinski definition) is 0. The summed E-state index contributed by atoms with van der Waals surface area (Å²) in [6, 6.07) is 18.1. The van der Waals surface area contributed by atoms with Crippen molar-refractivity contribution in [1.29, 1.82) is 0 Å². The number of nitrogens with zero attached hydrogens (tertiary/aromatic N) is 1. The van der Waals surface area contributed by atoms with E-state index in [4.69, 9.17) is 0 Å². The molecule has 0 unspecified atom stereocenters. The molecule has 168 valence electrons. The van der Waals surface area contributed by atoms with Crippen LogP contribution in [0, 0.1) is 5.92 Å². The zero-order valence-corrected chi connectivity index (χ0v) is 23.1. The van der Waals surface area contributed by atoms with Crippen LogP contribution in [0.3, 0.4) is 0 Å². The fourth-order valence-electron chi connectivity index (χ4n) is 4.17. The molecule has 2 aromatic rings. The molecule has 0 saturated carbocycles. The van der Waals surface area contributed by atoms with Crippen LogP contribution >= 0.6 is 0 Å². The van der Waals surface area contributed by atoms with E-state index in [1.807, 2.05) is 30.7 Å². The zero-order valence-electron chi connectivity index (χ0n) is 20.6. The van der Waals surface area contributed by atoms with Gasteiger partial charge in [-0.05, 0) is 67.5 Å². The van der Waals surface area contributed by atoms with Crippen LogP contribution in [0.5, 0.6) is 0 Å². The Kier molecular flexibility index (Phi) is 9.78. The summed E-state index contributed by atoms with van der Waals surface area (Å²) in [4.78, 5) is 0. The molecular formula is C29H35NOSiTi+2. The topological polar surface area (TPSA) is 20.3 Å². The van der Waals surface area contributed by atoms with E-state index < -0.39 is 8.84 Å². The minimum atomic E-state index is -1.82. The summed E-state index contributed by atoms with van der Waals surface area (Å²) in [5, 5.41) is 0. The Morgan fingerprint density at radius 2 is 1.48 bits per heavy atom. The summed E-state index contributed by atoms with van der Waals surface area (Å²) in [7, 11) is 0.167. The summed E-state index contributed by atoms with van der Waals surface area (Å²) in [5.74, 6) is 0.227. The van der Waals surface area contributed by atoms with Crippen molar-refractivity contribution < 1.29 is 26.2 Å². The molecule has 0 heterocycles. The van der Waals surface area contributed by atoms with E-state index in [1.54, 1.807) is 6.08 Å². The monoisotopic (exact) mass is 489 g/mol. The van der Waals surface area contributed by atoms with Gasteiger partial charge in [0.2, 0.25) is 0 Å². The maximum atomic E-state index is 13.0. The number of rotatable bonds is 4. The summed E-state index contributed by atoms with van der Waals surface area (Å²) in [6.45, 7) is 11.8. The average Bonchev–Trinajstić information content (AvgIpc) is 3.12. The fourth-order valence-corrected chi connectivity index (χ4v) is 5.83. The van der Waals surface area contributed by atoms with Crippen LogP contribution in [0.4, 0.5) is 0 Å². The molecule has 0 radical (unpaired) electrons. The van der Waals surface area contributed by atoms with E-state index in [2.05, 4.69) is 88.0 Å². The molecule has 0 fully saturated rings. The zero-order chi connectivity index (χ0) is 23.3. The van der Waals surface area contributed by atoms with Crippen LogP contribution in [-0.2, 0) is 32.6 Å². The molecule has 0 amide bonds. The Morgan fingerprint density at radius 3 is 1.88 bits per heavy atom. The second-order valence-corrected chi connectivity index (χ2v) is 11.3. The molecule has 2 nitrogen and oxygen atoms in total. The molecule has 0 bridgehead atoms. The Morgan fingerprint density at radius 1 is 1.00 bits per heavy atom. The molecule has 0 N–H and O–H groups in total. The standard InChI is InChI=1S/C24H27NOSi.C5H8.Ti/c1-24(2,3)25(4)27(26)16-17-13-22-20-11-7-5-9-18(20)15-19-10-6-8-12-21(19)23(22)14-17;1-3-5-4-2;/h5-14,17H,15-16H2,1-4H3;3-5H,1H2,2H3;/q;;+2. The molecule has 33 heavy (non-hydrogen) atoms. The Bertz CT molecular complexity index is 1030. The van der Waals surface area contributed by atoms with E-state index in [-0.39, 0.29) is 33.2 Å². The second kappa shape index (κ2) is 11.9. The quantitative estimate of drug-likeness (QED) is 0.338. The van der Waals surface area contributed by atoms with Crippen LogP contribution in [-0.4, -0.2) is 26.0 Å². The van der Waals surface area contributed by atoms with Crippen molar-refractivity contribution in [3.05, 3.63) is 108 Å². The third kappa shape index (κ3) is 6.50. The predicted octanol–water partition coefficient (Wildman–Crippen LogP) is 7.08. The second-order valence-electron chi connectivity index (χ2n) is 9.40. The average molecular weight is 490 g/mol. The smallest absolute Gasteiger partial charge is 0.375 e. The molecule has 4 heteroatoms. The number of allylic oxidation sites excluding steroid dienone is 7. The third-order valence-electron chi connectivity index (χ3n) is 6.17. The van der Waals surface area contributed by atoms with Gasteiger partial charge in [0.1, 0.15) is 0 Å². The molecule has 0 atom stereocenters. The summed E-state index contributed by atoms with van der Waals surface area (Å²) < 4.78 is 15.0. The third-order valence-corrected chi connectivity index (χ3v) is 8.41. The van der Waals surface area contributed by atoms with Gasteiger partial charge in [-0.15, -0.1) is 0 Å². The van der Waals surface area contributed by atoms with Gasteiger partial charge < -0.3 is 9.03 Å². The molecule has 0 spiro atoms. The van der Waals surface area contributed by atoms with Crippen LogP contribution in [0.15, 0.2) is 85.5 Å². The van der Waals surface area contributed by atoms with Crippen molar-refractivity contribution in [3.8, 4) is 0 Å². The minimum Gasteiger partial charge on any atom is -0.375 e. The number of benzene rings is 2. The predicted molar refractivity (Wildman–Crippen MR) is 139 cm³/mol. The van der Waals surface area contributed by atoms with Crippen LogP contribution in [0.25, 0.3) is 11.1 Å². The van der Waals surface area contributed by atoms with Gasteiger partial charge in [-0.2, -0.15) is 0 Å². The Labute approximate surface area is 216 Å². The molecule has 0 aromatic heterocycles. The number of hydrogen-bond acceptors (Lipinski definition) is 1. The summed E-state index contributed by atoms with van der Waals surface area (Å²) >= 11 is 0. The van der Waals surface area contributed by atoms with Crippen molar-refractivity contribution in [2.24, 2.45) is 5.92 Å². The molecule has 2 aromatic carbocycles. The van der Waals surface area contributed by atoms with Gasteiger partial charge in [-0.25, -0.2) is 0 Å². The van der Waals surface area contributed by atoms with Crippen LogP contribution < -0.4 is 0 Å². The maximum Gasteiger partial charge on any atom is 2.00 e. The Hall–Kier alpha value is -2.07. The van der Waals surface area contributed by atoms with Crippen molar-refractivity contribution >= 4 is 20.0 Å².